The van der Waals surface area contributed by atoms with E-state index >= 15 is 0 Å². The highest BCUT2D eigenvalue weighted by molar-refractivity contribution is 5.82. The molecule has 0 saturated carbocycles. The van der Waals surface area contributed by atoms with Crippen molar-refractivity contribution in [3.63, 3.8) is 0 Å². The van der Waals surface area contributed by atoms with Gasteiger partial charge in [-0.25, -0.2) is 0 Å². The first-order valence-electron chi connectivity index (χ1n) is 4.38. The summed E-state index contributed by atoms with van der Waals surface area (Å²) >= 11 is 0. The van der Waals surface area contributed by atoms with Gasteiger partial charge in [0.1, 0.15) is 6.61 Å². The summed E-state index contributed by atoms with van der Waals surface area (Å²) in [6, 6.07) is 0. The molecule has 0 aromatic heterocycles. The first-order chi connectivity index (χ1) is 5.70. The number of hydrogen-bond acceptors (Lipinski definition) is 3. The Bertz CT molecular complexity index is 134. The average Bonchev–Trinajstić information content (AvgIpc) is 2.02. The molecular weight excluding hydrogens is 156 g/mol. The average molecular weight is 172 g/mol. The Morgan fingerprint density at radius 1 is 1.08 bits per heavy atom. The fraction of sp³-hybridized carbons (Fsp3) is 0.778. The summed E-state index contributed by atoms with van der Waals surface area (Å²) in [7, 11) is 0. The third kappa shape index (κ3) is 5.89. The maximum Gasteiger partial charge on any atom is 0.306 e. The molecule has 0 amide bonds. The van der Waals surface area contributed by atoms with E-state index < -0.39 is 0 Å². The molecule has 0 N–H and O–H groups in total. The highest BCUT2D eigenvalue weighted by Crippen LogP contribution is 1.94. The number of carbonyl (C=O) groups excluding carboxylic acids is 2. The number of esters is 1. The van der Waals surface area contributed by atoms with Gasteiger partial charge in [0, 0.05) is 12.8 Å². The molecule has 0 atom stereocenters. The third-order valence-electron chi connectivity index (χ3n) is 1.38. The Labute approximate surface area is 73.1 Å². The van der Waals surface area contributed by atoms with Crippen LogP contribution in [-0.2, 0) is 14.3 Å². The summed E-state index contributed by atoms with van der Waals surface area (Å²) in [6.45, 7) is 3.77. The van der Waals surface area contributed by atoms with Crippen LogP contribution in [0.15, 0.2) is 0 Å². The molecule has 0 fully saturated rings. The second kappa shape index (κ2) is 6.83. The number of ether oxygens (including phenoxy) is 1. The fourth-order valence-corrected chi connectivity index (χ4v) is 0.788. The summed E-state index contributed by atoms with van der Waals surface area (Å²) in [5.41, 5.74) is 0. The van der Waals surface area contributed by atoms with Gasteiger partial charge in [-0.15, -0.1) is 0 Å². The van der Waals surface area contributed by atoms with Crippen molar-refractivity contribution in [3.05, 3.63) is 0 Å². The van der Waals surface area contributed by atoms with Crippen LogP contribution in [0.1, 0.15) is 39.5 Å². The van der Waals surface area contributed by atoms with Gasteiger partial charge in [-0.3, -0.25) is 9.59 Å². The van der Waals surface area contributed by atoms with Crippen LogP contribution in [0.2, 0.25) is 0 Å². The second-order valence-corrected chi connectivity index (χ2v) is 2.70. The van der Waals surface area contributed by atoms with Crippen LogP contribution in [0.4, 0.5) is 0 Å². The van der Waals surface area contributed by atoms with Crippen molar-refractivity contribution in [2.75, 3.05) is 6.61 Å². The van der Waals surface area contributed by atoms with Gasteiger partial charge < -0.3 is 4.74 Å². The number of carbonyl (C=O) groups is 2. The smallest absolute Gasteiger partial charge is 0.306 e. The maximum atomic E-state index is 10.9. The van der Waals surface area contributed by atoms with Gasteiger partial charge in [0.2, 0.25) is 0 Å². The van der Waals surface area contributed by atoms with E-state index in [1.54, 1.807) is 0 Å². The SMILES string of the molecule is CCCC(=O)COC(=O)CCC. The van der Waals surface area contributed by atoms with E-state index in [9.17, 15) is 9.59 Å². The topological polar surface area (TPSA) is 43.4 Å². The van der Waals surface area contributed by atoms with Crippen molar-refractivity contribution in [1.82, 2.24) is 0 Å². The minimum atomic E-state index is -0.276. The molecule has 3 heteroatoms. The highest BCUT2D eigenvalue weighted by atomic mass is 16.5. The fourth-order valence-electron chi connectivity index (χ4n) is 0.788. The van der Waals surface area contributed by atoms with Crippen molar-refractivity contribution >= 4 is 11.8 Å². The normalized spacial score (nSPS) is 9.50. The van der Waals surface area contributed by atoms with E-state index in [-0.39, 0.29) is 18.4 Å². The summed E-state index contributed by atoms with van der Waals surface area (Å²) in [6.07, 6.45) is 2.48. The summed E-state index contributed by atoms with van der Waals surface area (Å²) < 4.78 is 4.71. The standard InChI is InChI=1S/C9H16O3/c1-3-5-8(10)7-12-9(11)6-4-2/h3-7H2,1-2H3. The minimum Gasteiger partial charge on any atom is -0.458 e. The van der Waals surface area contributed by atoms with Crippen molar-refractivity contribution in [2.45, 2.75) is 39.5 Å². The lowest BCUT2D eigenvalue weighted by molar-refractivity contribution is -0.148. The van der Waals surface area contributed by atoms with Crippen LogP contribution in [0, 0.1) is 0 Å². The lowest BCUT2D eigenvalue weighted by atomic mass is 10.2. The van der Waals surface area contributed by atoms with E-state index in [2.05, 4.69) is 0 Å². The Kier molecular flexibility index (Phi) is 6.34. The second-order valence-electron chi connectivity index (χ2n) is 2.70. The van der Waals surface area contributed by atoms with E-state index in [1.165, 1.54) is 0 Å². The first kappa shape index (κ1) is 11.1. The lowest BCUT2D eigenvalue weighted by Gasteiger charge is -2.01. The van der Waals surface area contributed by atoms with E-state index in [0.717, 1.165) is 12.8 Å². The van der Waals surface area contributed by atoms with E-state index in [1.807, 2.05) is 13.8 Å². The van der Waals surface area contributed by atoms with Crippen molar-refractivity contribution in [3.8, 4) is 0 Å². The predicted molar refractivity (Wildman–Crippen MR) is 45.8 cm³/mol. The largest absolute Gasteiger partial charge is 0.458 e. The molecular formula is C9H16O3. The Morgan fingerprint density at radius 3 is 2.17 bits per heavy atom. The molecule has 0 aliphatic carbocycles. The van der Waals surface area contributed by atoms with Crippen LogP contribution < -0.4 is 0 Å². The summed E-state index contributed by atoms with van der Waals surface area (Å²) in [4.78, 5) is 21.7. The van der Waals surface area contributed by atoms with Gasteiger partial charge >= 0.3 is 5.97 Å². The zero-order valence-corrected chi connectivity index (χ0v) is 7.76. The molecule has 3 nitrogen and oxygen atoms in total. The highest BCUT2D eigenvalue weighted by Gasteiger charge is 2.04. The Balaban J connectivity index is 3.40. The number of ketones is 1. The van der Waals surface area contributed by atoms with Crippen molar-refractivity contribution in [1.29, 1.82) is 0 Å². The molecule has 0 spiro atoms. The molecule has 70 valence electrons. The molecule has 0 unspecified atom stereocenters. The molecule has 0 aliphatic rings. The molecule has 12 heavy (non-hydrogen) atoms. The minimum absolute atomic E-state index is 0.00181. The van der Waals surface area contributed by atoms with Crippen LogP contribution >= 0.6 is 0 Å². The Morgan fingerprint density at radius 2 is 1.67 bits per heavy atom. The first-order valence-corrected chi connectivity index (χ1v) is 4.38. The molecule has 0 radical (unpaired) electrons. The van der Waals surface area contributed by atoms with Gasteiger partial charge in [-0.05, 0) is 12.8 Å². The zero-order chi connectivity index (χ0) is 9.40. The van der Waals surface area contributed by atoms with Crippen LogP contribution in [0.25, 0.3) is 0 Å². The van der Waals surface area contributed by atoms with Crippen molar-refractivity contribution in [2.24, 2.45) is 0 Å². The lowest BCUT2D eigenvalue weighted by Crippen LogP contribution is -2.12. The Hall–Kier alpha value is -0.860. The quantitative estimate of drug-likeness (QED) is 0.573. The zero-order valence-electron chi connectivity index (χ0n) is 7.76. The molecule has 0 aromatic rings. The van der Waals surface area contributed by atoms with Gasteiger partial charge in [-0.2, -0.15) is 0 Å². The van der Waals surface area contributed by atoms with E-state index in [0.29, 0.717) is 12.8 Å². The van der Waals surface area contributed by atoms with Crippen LogP contribution in [0.5, 0.6) is 0 Å². The van der Waals surface area contributed by atoms with Crippen LogP contribution in [0.3, 0.4) is 0 Å². The number of rotatable bonds is 6. The molecule has 0 bridgehead atoms. The van der Waals surface area contributed by atoms with Gasteiger partial charge in [0.25, 0.3) is 0 Å². The van der Waals surface area contributed by atoms with Gasteiger partial charge in [-0.1, -0.05) is 13.8 Å². The summed E-state index contributed by atoms with van der Waals surface area (Å²) in [5, 5.41) is 0. The monoisotopic (exact) mass is 172 g/mol. The molecule has 0 aliphatic heterocycles. The summed E-state index contributed by atoms with van der Waals surface area (Å²) in [5.74, 6) is -0.274. The third-order valence-corrected chi connectivity index (χ3v) is 1.38. The molecule has 0 heterocycles. The maximum absolute atomic E-state index is 10.9. The number of hydrogen-bond donors (Lipinski definition) is 0. The van der Waals surface area contributed by atoms with Gasteiger partial charge in [0.05, 0.1) is 0 Å². The molecule has 0 saturated heterocycles. The number of Topliss-reactive ketones (excluding diaryl/α,β-unsaturated/α-hetero) is 1. The molecule has 0 rings (SSSR count). The van der Waals surface area contributed by atoms with Crippen molar-refractivity contribution < 1.29 is 14.3 Å². The van der Waals surface area contributed by atoms with Gasteiger partial charge in [0.15, 0.2) is 5.78 Å². The van der Waals surface area contributed by atoms with Crippen LogP contribution in [-0.4, -0.2) is 18.4 Å². The predicted octanol–water partition coefficient (Wildman–Crippen LogP) is 1.70. The molecule has 0 aromatic carbocycles. The van der Waals surface area contributed by atoms with E-state index in [4.69, 9.17) is 4.74 Å².